The van der Waals surface area contributed by atoms with E-state index in [2.05, 4.69) is 0 Å². The minimum atomic E-state index is -1.04. The van der Waals surface area contributed by atoms with E-state index in [1.807, 2.05) is 31.2 Å². The molecule has 0 radical (unpaired) electrons. The van der Waals surface area contributed by atoms with Crippen LogP contribution in [0.5, 0.6) is 0 Å². The van der Waals surface area contributed by atoms with Gasteiger partial charge in [0.2, 0.25) is 5.91 Å². The normalized spacial score (nSPS) is 19.2. The zero-order chi connectivity index (χ0) is 14.5. The molecule has 1 unspecified atom stereocenters. The molecule has 0 bridgehead atoms. The lowest BCUT2D eigenvalue weighted by molar-refractivity contribution is -0.156. The van der Waals surface area contributed by atoms with Crippen molar-refractivity contribution in [3.8, 4) is 0 Å². The van der Waals surface area contributed by atoms with Crippen molar-refractivity contribution in [3.05, 3.63) is 41.5 Å². The van der Waals surface area contributed by atoms with Gasteiger partial charge in [0.25, 0.3) is 0 Å². The maximum Gasteiger partial charge on any atom is 0.328 e. The summed E-state index contributed by atoms with van der Waals surface area (Å²) in [6.07, 6.45) is 3.13. The first-order chi connectivity index (χ1) is 9.59. The third-order valence-electron chi connectivity index (χ3n) is 3.29. The van der Waals surface area contributed by atoms with E-state index in [0.717, 1.165) is 11.1 Å². The van der Waals surface area contributed by atoms with E-state index in [-0.39, 0.29) is 12.5 Å². The van der Waals surface area contributed by atoms with Gasteiger partial charge >= 0.3 is 5.97 Å². The Morgan fingerprint density at radius 3 is 2.85 bits per heavy atom. The number of hydrogen-bond acceptors (Lipinski definition) is 3. The molecule has 1 aromatic carbocycles. The number of aryl methyl sites for hydroxylation is 1. The Hall–Kier alpha value is -2.14. The van der Waals surface area contributed by atoms with Gasteiger partial charge in [-0.3, -0.25) is 4.79 Å². The van der Waals surface area contributed by atoms with Crippen LogP contribution < -0.4 is 0 Å². The summed E-state index contributed by atoms with van der Waals surface area (Å²) < 4.78 is 5.11. The SMILES string of the molecule is Cc1ccccc1/C=C/C(=O)N1CCOCC1C(=O)O. The van der Waals surface area contributed by atoms with E-state index in [0.29, 0.717) is 13.2 Å². The van der Waals surface area contributed by atoms with Crippen LogP contribution in [0.3, 0.4) is 0 Å². The highest BCUT2D eigenvalue weighted by Gasteiger charge is 2.31. The molecule has 0 spiro atoms. The smallest absolute Gasteiger partial charge is 0.328 e. The first-order valence-electron chi connectivity index (χ1n) is 6.44. The van der Waals surface area contributed by atoms with E-state index in [9.17, 15) is 9.59 Å². The van der Waals surface area contributed by atoms with Crippen molar-refractivity contribution in [2.75, 3.05) is 19.8 Å². The molecule has 1 aliphatic heterocycles. The maximum absolute atomic E-state index is 12.1. The Bertz CT molecular complexity index is 538. The van der Waals surface area contributed by atoms with Crippen molar-refractivity contribution in [2.24, 2.45) is 0 Å². The number of aliphatic carboxylic acids is 1. The molecule has 1 atom stereocenters. The fourth-order valence-electron chi connectivity index (χ4n) is 2.10. The zero-order valence-corrected chi connectivity index (χ0v) is 11.3. The Morgan fingerprint density at radius 1 is 1.40 bits per heavy atom. The third kappa shape index (κ3) is 3.24. The van der Waals surface area contributed by atoms with Crippen molar-refractivity contribution in [2.45, 2.75) is 13.0 Å². The summed E-state index contributed by atoms with van der Waals surface area (Å²) in [6.45, 7) is 2.67. The molecule has 1 aliphatic rings. The minimum Gasteiger partial charge on any atom is -0.480 e. The summed E-state index contributed by atoms with van der Waals surface area (Å²) in [5, 5.41) is 9.09. The van der Waals surface area contributed by atoms with Crippen LogP contribution in [0.1, 0.15) is 11.1 Å². The molecule has 5 heteroatoms. The molecular weight excluding hydrogens is 258 g/mol. The topological polar surface area (TPSA) is 66.8 Å². The van der Waals surface area contributed by atoms with Crippen molar-refractivity contribution in [1.29, 1.82) is 0 Å². The van der Waals surface area contributed by atoms with Gasteiger partial charge in [0.15, 0.2) is 6.04 Å². The second-order valence-corrected chi connectivity index (χ2v) is 4.65. The number of carbonyl (C=O) groups excluding carboxylic acids is 1. The van der Waals surface area contributed by atoms with Gasteiger partial charge in [0.1, 0.15) is 0 Å². The highest BCUT2D eigenvalue weighted by molar-refractivity contribution is 5.94. The largest absolute Gasteiger partial charge is 0.480 e. The fourth-order valence-corrected chi connectivity index (χ4v) is 2.10. The lowest BCUT2D eigenvalue weighted by atomic mass is 10.1. The lowest BCUT2D eigenvalue weighted by Gasteiger charge is -2.32. The number of hydrogen-bond donors (Lipinski definition) is 1. The molecule has 20 heavy (non-hydrogen) atoms. The average Bonchev–Trinajstić information content (AvgIpc) is 2.46. The average molecular weight is 275 g/mol. The van der Waals surface area contributed by atoms with Crippen molar-refractivity contribution in [1.82, 2.24) is 4.90 Å². The van der Waals surface area contributed by atoms with E-state index < -0.39 is 12.0 Å². The van der Waals surface area contributed by atoms with Gasteiger partial charge in [0, 0.05) is 12.6 Å². The van der Waals surface area contributed by atoms with Gasteiger partial charge in [-0.05, 0) is 24.1 Å². The molecule has 2 rings (SSSR count). The number of carboxylic acid groups (broad SMARTS) is 1. The molecule has 1 heterocycles. The van der Waals surface area contributed by atoms with Crippen LogP contribution in [0, 0.1) is 6.92 Å². The molecule has 106 valence electrons. The minimum absolute atomic E-state index is 0.0410. The molecule has 1 aromatic rings. The van der Waals surface area contributed by atoms with Gasteiger partial charge in [-0.1, -0.05) is 24.3 Å². The number of morpholine rings is 1. The lowest BCUT2D eigenvalue weighted by Crippen LogP contribution is -2.52. The molecule has 1 N–H and O–H groups in total. The predicted octanol–water partition coefficient (Wildman–Crippen LogP) is 1.32. The number of rotatable bonds is 3. The predicted molar refractivity (Wildman–Crippen MR) is 74.2 cm³/mol. The summed E-state index contributed by atoms with van der Waals surface area (Å²) in [5.74, 6) is -1.34. The van der Waals surface area contributed by atoms with Crippen LogP contribution in [-0.2, 0) is 14.3 Å². The Kier molecular flexibility index (Phi) is 4.53. The molecular formula is C15H17NO4. The number of carbonyl (C=O) groups is 2. The van der Waals surface area contributed by atoms with Gasteiger partial charge in [-0.25, -0.2) is 4.79 Å². The first kappa shape index (κ1) is 14.3. The van der Waals surface area contributed by atoms with E-state index in [4.69, 9.17) is 9.84 Å². The highest BCUT2D eigenvalue weighted by Crippen LogP contribution is 2.12. The zero-order valence-electron chi connectivity index (χ0n) is 11.3. The fraction of sp³-hybridized carbons (Fsp3) is 0.333. The van der Waals surface area contributed by atoms with Gasteiger partial charge in [0.05, 0.1) is 13.2 Å². The highest BCUT2D eigenvalue weighted by atomic mass is 16.5. The van der Waals surface area contributed by atoms with Gasteiger partial charge < -0.3 is 14.7 Å². The van der Waals surface area contributed by atoms with Crippen LogP contribution in [-0.4, -0.2) is 47.7 Å². The summed E-state index contributed by atoms with van der Waals surface area (Å²) in [5.41, 5.74) is 2.01. The second kappa shape index (κ2) is 6.34. The monoisotopic (exact) mass is 275 g/mol. The maximum atomic E-state index is 12.1. The van der Waals surface area contributed by atoms with Crippen molar-refractivity contribution < 1.29 is 19.4 Å². The number of amides is 1. The van der Waals surface area contributed by atoms with Gasteiger partial charge in [-0.15, -0.1) is 0 Å². The van der Waals surface area contributed by atoms with Crippen LogP contribution in [0.2, 0.25) is 0 Å². The molecule has 1 saturated heterocycles. The molecule has 0 aromatic heterocycles. The molecule has 0 saturated carbocycles. The number of nitrogens with zero attached hydrogens (tertiary/aromatic N) is 1. The number of benzene rings is 1. The summed E-state index contributed by atoms with van der Waals surface area (Å²) in [4.78, 5) is 24.6. The summed E-state index contributed by atoms with van der Waals surface area (Å²) >= 11 is 0. The Morgan fingerprint density at radius 2 is 2.15 bits per heavy atom. The quantitative estimate of drug-likeness (QED) is 0.845. The Labute approximate surface area is 117 Å². The molecule has 1 fully saturated rings. The number of carboxylic acids is 1. The van der Waals surface area contributed by atoms with Gasteiger partial charge in [-0.2, -0.15) is 0 Å². The summed E-state index contributed by atoms with van der Waals surface area (Å²) in [6, 6.07) is 6.78. The van der Waals surface area contributed by atoms with E-state index in [1.165, 1.54) is 11.0 Å². The van der Waals surface area contributed by atoms with E-state index >= 15 is 0 Å². The second-order valence-electron chi connectivity index (χ2n) is 4.65. The van der Waals surface area contributed by atoms with Crippen LogP contribution in [0.4, 0.5) is 0 Å². The summed E-state index contributed by atoms with van der Waals surface area (Å²) in [7, 11) is 0. The molecule has 1 amide bonds. The standard InChI is InChI=1S/C15H17NO4/c1-11-4-2-3-5-12(11)6-7-14(17)16-8-9-20-10-13(16)15(18)19/h2-7,13H,8-10H2,1H3,(H,18,19)/b7-6+. The molecule has 0 aliphatic carbocycles. The Balaban J connectivity index is 2.10. The van der Waals surface area contributed by atoms with Crippen molar-refractivity contribution in [3.63, 3.8) is 0 Å². The van der Waals surface area contributed by atoms with Crippen LogP contribution in [0.25, 0.3) is 6.08 Å². The van der Waals surface area contributed by atoms with Crippen molar-refractivity contribution >= 4 is 18.0 Å². The third-order valence-corrected chi connectivity index (χ3v) is 3.29. The number of ether oxygens (including phenoxy) is 1. The van der Waals surface area contributed by atoms with Crippen LogP contribution in [0.15, 0.2) is 30.3 Å². The van der Waals surface area contributed by atoms with E-state index in [1.54, 1.807) is 6.08 Å². The van der Waals surface area contributed by atoms with Crippen LogP contribution >= 0.6 is 0 Å². The molecule has 5 nitrogen and oxygen atoms in total. The first-order valence-corrected chi connectivity index (χ1v) is 6.44.